The molecule has 4 aromatic carbocycles. The summed E-state index contributed by atoms with van der Waals surface area (Å²) >= 11 is 0. The Hall–Kier alpha value is -3.32. The molecule has 4 aliphatic heterocycles. The molecule has 0 saturated carbocycles. The summed E-state index contributed by atoms with van der Waals surface area (Å²) in [5, 5.41) is 0. The van der Waals surface area contributed by atoms with E-state index in [1.165, 1.54) is 12.0 Å². The molecule has 4 heterocycles. The first-order chi connectivity index (χ1) is 27.4. The van der Waals surface area contributed by atoms with E-state index in [1.807, 2.05) is 72.9 Å². The van der Waals surface area contributed by atoms with Crippen LogP contribution in [0.5, 0.6) is 17.2 Å². The molecule has 0 aliphatic carbocycles. The van der Waals surface area contributed by atoms with Crippen molar-refractivity contribution in [3.05, 3.63) is 145 Å². The van der Waals surface area contributed by atoms with Crippen LogP contribution >= 0.6 is 0 Å². The van der Waals surface area contributed by atoms with Crippen molar-refractivity contribution in [2.45, 2.75) is 57.5 Å². The minimum absolute atomic E-state index is 0. The summed E-state index contributed by atoms with van der Waals surface area (Å²) in [5.74, 6) is 1.74. The third-order valence-corrected chi connectivity index (χ3v) is 10.3. The molecule has 0 bridgehead atoms. The molecule has 10 nitrogen and oxygen atoms in total. The van der Waals surface area contributed by atoms with E-state index in [0.29, 0.717) is 61.8 Å². The minimum atomic E-state index is -0.146. The molecule has 0 N–H and O–H groups in total. The van der Waals surface area contributed by atoms with E-state index >= 15 is 0 Å². The van der Waals surface area contributed by atoms with Gasteiger partial charge in [0, 0.05) is 141 Å². The van der Waals surface area contributed by atoms with Crippen LogP contribution in [0.25, 0.3) is 11.1 Å². The summed E-state index contributed by atoms with van der Waals surface area (Å²) in [4.78, 5) is 44.9. The van der Waals surface area contributed by atoms with E-state index in [0.717, 1.165) is 58.4 Å². The second kappa shape index (κ2) is 24.4. The monoisotopic (exact) mass is 1280 g/mol. The molecule has 0 saturated heterocycles. The summed E-state index contributed by atoms with van der Waals surface area (Å²) in [6.45, 7) is 7.89. The van der Waals surface area contributed by atoms with Crippen molar-refractivity contribution in [3.63, 3.8) is 0 Å². The SMILES string of the molecule is COc1cc2c(cc1OCCCOc1cc3c(cc1C)C(=O)N1C=C(c4cc[c-]cc4)C[C@H]1CC3)N=C[C@@H]1CC(c3ccccc3)=CN1C2=O.[CH2-]CCO[C-]=O.[CH3-].[U].[W].[Y]. The molecular weight excluding hydrogens is 1230 g/mol. The van der Waals surface area contributed by atoms with Gasteiger partial charge in [0.2, 0.25) is 0 Å². The standard InChI is InChI=1S/C42H38N3O5.C4H6O2.CH3.U.W.Y/c1-27-18-35-30(14-15-33-19-31(25-44(33)41(35)46)28-10-5-3-6-11-28)21-38(27)49-16-9-17-50-40-23-37-36(22-39(40)48-2)42(47)45-26-32(20-34(45)24-43-37)29-12-7-4-8-13-29;1-2-3-6-4-5;;;;/h4-8,10-13,18,21-26,33-34H,9,14-17,19-20H2,1-2H3;1-3H2;1H3;;;/q-1;-2;-1;;;/t33-,34+;;;;;/m1...../s1. The van der Waals surface area contributed by atoms with Crippen LogP contribution in [0.2, 0.25) is 0 Å². The average Bonchev–Trinajstić information content (AvgIpc) is 3.81. The fourth-order valence-electron chi connectivity index (χ4n) is 7.45. The first-order valence-electron chi connectivity index (χ1n) is 18.9. The molecule has 0 unspecified atom stereocenters. The van der Waals surface area contributed by atoms with Gasteiger partial charge in [-0.15, -0.1) is 5.56 Å². The number of methoxy groups -OCH3 is 1. The molecule has 60 heavy (non-hydrogen) atoms. The zero-order valence-corrected chi connectivity index (χ0v) is 44.1. The van der Waals surface area contributed by atoms with Gasteiger partial charge in [-0.1, -0.05) is 36.8 Å². The van der Waals surface area contributed by atoms with Gasteiger partial charge >= 0.3 is 0 Å². The van der Waals surface area contributed by atoms with Crippen molar-refractivity contribution < 1.29 is 118 Å². The summed E-state index contributed by atoms with van der Waals surface area (Å²) in [5.41, 5.74) is 8.31. The van der Waals surface area contributed by atoms with Gasteiger partial charge in [-0.3, -0.25) is 14.6 Å². The fourth-order valence-corrected chi connectivity index (χ4v) is 7.45. The number of hydrogen-bond acceptors (Lipinski definition) is 8. The Morgan fingerprint density at radius 2 is 1.52 bits per heavy atom. The fraction of sp³-hybridized carbons (Fsp3) is 0.277. The number of aliphatic imine (C=N–C) groups is 1. The number of hydrogen-bond donors (Lipinski definition) is 0. The predicted molar refractivity (Wildman–Crippen MR) is 221 cm³/mol. The van der Waals surface area contributed by atoms with Crippen LogP contribution in [0.4, 0.5) is 5.69 Å². The average molecular weight is 1280 g/mol. The van der Waals surface area contributed by atoms with Gasteiger partial charge in [0.05, 0.1) is 37.6 Å². The number of nitrogens with zero attached hydrogens (tertiary/aromatic N) is 3. The van der Waals surface area contributed by atoms with Gasteiger partial charge in [0.15, 0.2) is 11.5 Å². The van der Waals surface area contributed by atoms with Crippen LogP contribution in [0.3, 0.4) is 0 Å². The molecule has 0 fully saturated rings. The maximum absolute atomic E-state index is 13.7. The molecule has 4 aromatic rings. The van der Waals surface area contributed by atoms with E-state index in [-0.39, 0.29) is 116 Å². The molecule has 309 valence electrons. The normalized spacial score (nSPS) is 16.6. The molecular formula is C47H47N3O7UWY-4. The third-order valence-electron chi connectivity index (χ3n) is 10.3. The smallest absolute Gasteiger partial charge is 0.260 e. The van der Waals surface area contributed by atoms with E-state index in [4.69, 9.17) is 19.2 Å². The summed E-state index contributed by atoms with van der Waals surface area (Å²) < 4.78 is 22.1. The largest absolute Gasteiger partial charge is 0.654 e. The maximum atomic E-state index is 13.7. The molecule has 4 aliphatic rings. The van der Waals surface area contributed by atoms with Crippen molar-refractivity contribution in [2.75, 3.05) is 26.9 Å². The Morgan fingerprint density at radius 3 is 2.20 bits per heavy atom. The molecule has 2 atom stereocenters. The van der Waals surface area contributed by atoms with Crippen molar-refractivity contribution in [1.29, 1.82) is 0 Å². The van der Waals surface area contributed by atoms with E-state index in [2.05, 4.69) is 42.0 Å². The maximum Gasteiger partial charge on any atom is 0.260 e. The zero-order valence-electron chi connectivity index (χ0n) is 34.1. The summed E-state index contributed by atoms with van der Waals surface area (Å²) in [6, 6.07) is 28.6. The summed E-state index contributed by atoms with van der Waals surface area (Å²) in [6.07, 6.45) is 10.3. The molecule has 0 aromatic heterocycles. The number of benzene rings is 4. The molecule has 2 amide bonds. The Bertz CT molecular complexity index is 2180. The number of rotatable bonds is 12. The number of amides is 2. The molecule has 0 spiro atoms. The van der Waals surface area contributed by atoms with Gasteiger partial charge in [0.1, 0.15) is 5.75 Å². The van der Waals surface area contributed by atoms with E-state index in [1.54, 1.807) is 24.1 Å². The Kier molecular flexibility index (Phi) is 20.7. The van der Waals surface area contributed by atoms with Crippen LogP contribution in [0, 0.1) is 58.5 Å². The number of ether oxygens (including phenoxy) is 4. The quantitative estimate of drug-likeness (QED) is 0.103. The molecule has 8 rings (SSSR count). The van der Waals surface area contributed by atoms with Crippen molar-refractivity contribution in [3.8, 4) is 17.2 Å². The van der Waals surface area contributed by atoms with Crippen LogP contribution in [-0.4, -0.2) is 73.3 Å². The van der Waals surface area contributed by atoms with Crippen LogP contribution in [0.15, 0.2) is 96.3 Å². The Morgan fingerprint density at radius 1 is 0.850 bits per heavy atom. The van der Waals surface area contributed by atoms with Gasteiger partial charge < -0.3 is 47.9 Å². The predicted octanol–water partition coefficient (Wildman–Crippen LogP) is 8.56. The second-order valence-electron chi connectivity index (χ2n) is 14.0. The van der Waals surface area contributed by atoms with Crippen molar-refractivity contribution in [1.82, 2.24) is 9.80 Å². The third kappa shape index (κ3) is 11.8. The van der Waals surface area contributed by atoms with Gasteiger partial charge in [-0.05, 0) is 72.2 Å². The Labute approximate surface area is 417 Å². The van der Waals surface area contributed by atoms with E-state index in [9.17, 15) is 14.4 Å². The first kappa shape index (κ1) is 51.0. The Balaban J connectivity index is 0.000000898. The second-order valence-corrected chi connectivity index (χ2v) is 14.0. The minimum Gasteiger partial charge on any atom is -0.654 e. The van der Waals surface area contributed by atoms with Crippen LogP contribution in [-0.2, 0) is 69.7 Å². The van der Waals surface area contributed by atoms with Crippen molar-refractivity contribution >= 4 is 41.3 Å². The topological polar surface area (TPSA) is 107 Å². The molecule has 1 radical (unpaired) electrons. The van der Waals surface area contributed by atoms with Gasteiger partial charge in [-0.25, -0.2) is 0 Å². The number of carbonyl (C=O) groups excluding carboxylic acids is 3. The molecule has 13 heteroatoms. The number of aryl methyl sites for hydroxylation is 2. The number of fused-ring (bicyclic) bond motifs is 4. The van der Waals surface area contributed by atoms with Crippen molar-refractivity contribution in [2.24, 2.45) is 4.99 Å². The van der Waals surface area contributed by atoms with E-state index < -0.39 is 0 Å². The van der Waals surface area contributed by atoms with Crippen LogP contribution in [0.1, 0.15) is 75.1 Å². The first-order valence-corrected chi connectivity index (χ1v) is 18.9. The number of carbonyl (C=O) groups is 2. The zero-order chi connectivity index (χ0) is 39.0. The van der Waals surface area contributed by atoms with Crippen LogP contribution < -0.4 is 14.2 Å². The van der Waals surface area contributed by atoms with Gasteiger partial charge in [-0.2, -0.15) is 36.8 Å². The van der Waals surface area contributed by atoms with Gasteiger partial charge in [0.25, 0.3) is 11.8 Å². The summed E-state index contributed by atoms with van der Waals surface area (Å²) in [7, 11) is 1.57.